The summed E-state index contributed by atoms with van der Waals surface area (Å²) >= 11 is 1.78. The molecule has 0 aliphatic heterocycles. The molecule has 108 valence electrons. The maximum absolute atomic E-state index is 14.1. The molecule has 0 radical (unpaired) electrons. The smallest absolute Gasteiger partial charge is 0.146 e. The molecule has 0 saturated heterocycles. The molecule has 0 aliphatic carbocycles. The van der Waals surface area contributed by atoms with Crippen molar-refractivity contribution in [2.24, 2.45) is 0 Å². The highest BCUT2D eigenvalue weighted by atomic mass is 32.2. The lowest BCUT2D eigenvalue weighted by atomic mass is 10.1. The minimum atomic E-state index is -0.140. The first-order valence-corrected chi connectivity index (χ1v) is 8.08. The molecule has 0 saturated carbocycles. The van der Waals surface area contributed by atoms with Crippen molar-refractivity contribution in [3.05, 3.63) is 29.6 Å². The molecule has 1 aromatic rings. The van der Waals surface area contributed by atoms with Crippen molar-refractivity contribution in [3.63, 3.8) is 0 Å². The maximum Gasteiger partial charge on any atom is 0.146 e. The first-order valence-electron chi connectivity index (χ1n) is 6.69. The van der Waals surface area contributed by atoms with Gasteiger partial charge in [-0.25, -0.2) is 4.39 Å². The van der Waals surface area contributed by atoms with E-state index in [0.717, 1.165) is 11.3 Å². The van der Waals surface area contributed by atoms with Crippen molar-refractivity contribution >= 4 is 17.4 Å². The number of halogens is 1. The Balaban J connectivity index is 2.76. The van der Waals surface area contributed by atoms with E-state index < -0.39 is 0 Å². The molecule has 1 N–H and O–H groups in total. The lowest BCUT2D eigenvalue weighted by molar-refractivity contribution is 0.579. The van der Waals surface area contributed by atoms with E-state index in [2.05, 4.69) is 32.3 Å². The molecule has 0 bridgehead atoms. The van der Waals surface area contributed by atoms with Gasteiger partial charge in [-0.2, -0.15) is 11.8 Å². The van der Waals surface area contributed by atoms with Crippen molar-refractivity contribution in [1.29, 1.82) is 0 Å². The Bertz CT molecular complexity index is 396. The third-order valence-corrected chi connectivity index (χ3v) is 3.99. The molecule has 1 unspecified atom stereocenters. The van der Waals surface area contributed by atoms with E-state index in [1.165, 1.54) is 0 Å². The topological polar surface area (TPSA) is 15.3 Å². The molecule has 0 aromatic heterocycles. The van der Waals surface area contributed by atoms with Crippen molar-refractivity contribution < 1.29 is 4.39 Å². The Morgan fingerprint density at radius 2 is 2.00 bits per heavy atom. The number of hydrogen-bond acceptors (Lipinski definition) is 3. The fourth-order valence-electron chi connectivity index (χ4n) is 1.86. The van der Waals surface area contributed by atoms with E-state index >= 15 is 0 Å². The summed E-state index contributed by atoms with van der Waals surface area (Å²) < 4.78 is 14.1. The summed E-state index contributed by atoms with van der Waals surface area (Å²) in [6.45, 7) is 6.99. The quantitative estimate of drug-likeness (QED) is 0.825. The van der Waals surface area contributed by atoms with Crippen LogP contribution in [0.25, 0.3) is 0 Å². The van der Waals surface area contributed by atoms with Gasteiger partial charge in [0, 0.05) is 31.4 Å². The number of thioether (sulfide) groups is 1. The van der Waals surface area contributed by atoms with E-state index in [1.54, 1.807) is 17.8 Å². The van der Waals surface area contributed by atoms with Gasteiger partial charge in [0.15, 0.2) is 0 Å². The van der Waals surface area contributed by atoms with Gasteiger partial charge >= 0.3 is 0 Å². The third kappa shape index (κ3) is 5.03. The normalized spacial score (nSPS) is 12.8. The molecule has 1 aromatic carbocycles. The van der Waals surface area contributed by atoms with Crippen LogP contribution in [-0.2, 0) is 6.54 Å². The second-order valence-corrected chi connectivity index (χ2v) is 6.15. The first-order chi connectivity index (χ1) is 8.95. The molecule has 0 amide bonds. The van der Waals surface area contributed by atoms with E-state index in [0.29, 0.717) is 24.3 Å². The zero-order valence-corrected chi connectivity index (χ0v) is 13.4. The van der Waals surface area contributed by atoms with Gasteiger partial charge in [-0.15, -0.1) is 0 Å². The van der Waals surface area contributed by atoms with E-state index in [4.69, 9.17) is 0 Å². The fraction of sp³-hybridized carbons (Fsp3) is 0.600. The van der Waals surface area contributed by atoms with Crippen LogP contribution in [0.5, 0.6) is 0 Å². The summed E-state index contributed by atoms with van der Waals surface area (Å²) in [5, 5.41) is 3.30. The molecule has 19 heavy (non-hydrogen) atoms. The van der Waals surface area contributed by atoms with Crippen LogP contribution in [0.3, 0.4) is 0 Å². The highest BCUT2D eigenvalue weighted by molar-refractivity contribution is 7.98. The largest absolute Gasteiger partial charge is 0.369 e. The molecule has 0 aliphatic rings. The SMILES string of the molecule is CSCC(C)N(C)c1ccc(CNC(C)C)cc1F. The summed E-state index contributed by atoms with van der Waals surface area (Å²) in [6, 6.07) is 6.24. The number of nitrogens with zero attached hydrogens (tertiary/aromatic N) is 1. The molecule has 1 rings (SSSR count). The second kappa shape index (κ2) is 7.75. The van der Waals surface area contributed by atoms with Crippen LogP contribution in [0.15, 0.2) is 18.2 Å². The fourth-order valence-corrected chi connectivity index (χ4v) is 2.56. The summed E-state index contributed by atoms with van der Waals surface area (Å²) in [6.07, 6.45) is 2.07. The third-order valence-electron chi connectivity index (χ3n) is 3.18. The van der Waals surface area contributed by atoms with Crippen LogP contribution in [0.4, 0.5) is 10.1 Å². The Hall–Kier alpha value is -0.740. The average Bonchev–Trinajstić information content (AvgIpc) is 2.36. The van der Waals surface area contributed by atoms with Crippen molar-refractivity contribution in [1.82, 2.24) is 5.32 Å². The second-order valence-electron chi connectivity index (χ2n) is 5.24. The van der Waals surface area contributed by atoms with E-state index in [-0.39, 0.29) is 5.82 Å². The Kier molecular flexibility index (Phi) is 6.66. The summed E-state index contributed by atoms with van der Waals surface area (Å²) in [7, 11) is 1.95. The monoisotopic (exact) mass is 284 g/mol. The minimum absolute atomic E-state index is 0.140. The van der Waals surface area contributed by atoms with Crippen LogP contribution in [-0.4, -0.2) is 31.1 Å². The summed E-state index contributed by atoms with van der Waals surface area (Å²) in [5.41, 5.74) is 1.66. The highest BCUT2D eigenvalue weighted by Gasteiger charge is 2.13. The van der Waals surface area contributed by atoms with Crippen LogP contribution in [0, 0.1) is 5.82 Å². The lowest BCUT2D eigenvalue weighted by Gasteiger charge is -2.27. The Morgan fingerprint density at radius 3 is 2.53 bits per heavy atom. The number of hydrogen-bond donors (Lipinski definition) is 1. The van der Waals surface area contributed by atoms with Crippen LogP contribution in [0.1, 0.15) is 26.3 Å². The molecule has 1 atom stereocenters. The van der Waals surface area contributed by atoms with Gasteiger partial charge in [0.25, 0.3) is 0 Å². The van der Waals surface area contributed by atoms with E-state index in [1.807, 2.05) is 24.1 Å². The van der Waals surface area contributed by atoms with Crippen molar-refractivity contribution in [2.75, 3.05) is 24.0 Å². The lowest BCUT2D eigenvalue weighted by Crippen LogP contribution is -2.31. The van der Waals surface area contributed by atoms with Crippen molar-refractivity contribution in [2.45, 2.75) is 39.4 Å². The van der Waals surface area contributed by atoms with E-state index in [9.17, 15) is 4.39 Å². The minimum Gasteiger partial charge on any atom is -0.369 e. The zero-order chi connectivity index (χ0) is 14.4. The summed E-state index contributed by atoms with van der Waals surface area (Å²) in [4.78, 5) is 2.01. The summed E-state index contributed by atoms with van der Waals surface area (Å²) in [5.74, 6) is 0.852. The maximum atomic E-state index is 14.1. The number of benzene rings is 1. The number of rotatable bonds is 7. The Labute approximate surface area is 120 Å². The number of nitrogens with one attached hydrogen (secondary N) is 1. The standard InChI is InChI=1S/C15H25FN2S/c1-11(2)17-9-13-6-7-15(14(16)8-13)18(4)12(3)10-19-5/h6-8,11-12,17H,9-10H2,1-5H3. The molecule has 0 spiro atoms. The van der Waals surface area contributed by atoms with Gasteiger partial charge in [-0.3, -0.25) is 0 Å². The molecule has 0 heterocycles. The van der Waals surface area contributed by atoms with Gasteiger partial charge in [0.2, 0.25) is 0 Å². The molecule has 2 nitrogen and oxygen atoms in total. The number of anilines is 1. The molecular weight excluding hydrogens is 259 g/mol. The molecular formula is C15H25FN2S. The van der Waals surface area contributed by atoms with Crippen LogP contribution in [0.2, 0.25) is 0 Å². The van der Waals surface area contributed by atoms with Gasteiger partial charge in [0.05, 0.1) is 5.69 Å². The van der Waals surface area contributed by atoms with Gasteiger partial charge in [-0.05, 0) is 30.9 Å². The van der Waals surface area contributed by atoms with Crippen molar-refractivity contribution in [3.8, 4) is 0 Å². The van der Waals surface area contributed by atoms with Gasteiger partial charge in [-0.1, -0.05) is 19.9 Å². The van der Waals surface area contributed by atoms with Gasteiger partial charge < -0.3 is 10.2 Å². The zero-order valence-electron chi connectivity index (χ0n) is 12.5. The van der Waals surface area contributed by atoms with Crippen LogP contribution < -0.4 is 10.2 Å². The highest BCUT2D eigenvalue weighted by Crippen LogP contribution is 2.22. The first kappa shape index (κ1) is 16.3. The van der Waals surface area contributed by atoms with Crippen LogP contribution >= 0.6 is 11.8 Å². The Morgan fingerprint density at radius 1 is 1.32 bits per heavy atom. The average molecular weight is 284 g/mol. The molecule has 4 heteroatoms. The predicted molar refractivity (Wildman–Crippen MR) is 84.6 cm³/mol. The molecule has 0 fully saturated rings. The predicted octanol–water partition coefficient (Wildman–Crippen LogP) is 3.51. The van der Waals surface area contributed by atoms with Gasteiger partial charge in [0.1, 0.15) is 5.82 Å².